The van der Waals surface area contributed by atoms with Crippen molar-refractivity contribution in [3.63, 3.8) is 0 Å². The minimum absolute atomic E-state index is 0.238. The topological polar surface area (TPSA) is 35.5 Å². The highest BCUT2D eigenvalue weighted by Crippen LogP contribution is 2.37. The van der Waals surface area contributed by atoms with Crippen LogP contribution in [0.15, 0.2) is 30.3 Å². The third kappa shape index (κ3) is 6.54. The lowest BCUT2D eigenvalue weighted by Crippen LogP contribution is -2.46. The maximum atomic E-state index is 9.52. The number of hydrogen-bond acceptors (Lipinski definition) is 3. The van der Waals surface area contributed by atoms with Gasteiger partial charge in [-0.3, -0.25) is 4.90 Å². The molecule has 1 fully saturated rings. The molecule has 0 spiro atoms. The fraction of sp³-hybridized carbons (Fsp3) is 0.714. The number of nitrogens with one attached hydrogen (secondary N) is 1. The smallest absolute Gasteiger partial charge is 0.0558 e. The first kappa shape index (κ1) is 19.4. The van der Waals surface area contributed by atoms with E-state index in [9.17, 15) is 5.11 Å². The lowest BCUT2D eigenvalue weighted by Gasteiger charge is -2.41. The second-order valence-electron chi connectivity index (χ2n) is 8.01. The number of aliphatic hydroxyl groups is 1. The van der Waals surface area contributed by atoms with E-state index in [2.05, 4.69) is 54.4 Å². The van der Waals surface area contributed by atoms with Crippen LogP contribution in [0.1, 0.15) is 51.5 Å². The Balaban J connectivity index is 2.00. The number of benzene rings is 1. The Bertz CT molecular complexity index is 440. The molecule has 2 N–H and O–H groups in total. The molecule has 1 saturated carbocycles. The van der Waals surface area contributed by atoms with Crippen molar-refractivity contribution in [2.75, 3.05) is 32.8 Å². The molecule has 0 bridgehead atoms. The van der Waals surface area contributed by atoms with Gasteiger partial charge in [0.1, 0.15) is 0 Å². The van der Waals surface area contributed by atoms with E-state index in [1.54, 1.807) is 0 Å². The van der Waals surface area contributed by atoms with Gasteiger partial charge in [-0.2, -0.15) is 0 Å². The Labute approximate surface area is 148 Å². The normalized spacial score (nSPS) is 17.5. The first-order chi connectivity index (χ1) is 11.6. The van der Waals surface area contributed by atoms with Crippen molar-refractivity contribution >= 4 is 0 Å². The van der Waals surface area contributed by atoms with Crippen molar-refractivity contribution in [3.8, 4) is 0 Å². The van der Waals surface area contributed by atoms with Gasteiger partial charge in [0, 0.05) is 26.2 Å². The monoisotopic (exact) mass is 332 g/mol. The summed E-state index contributed by atoms with van der Waals surface area (Å²) in [5.74, 6) is 0.698. The molecule has 0 radical (unpaired) electrons. The lowest BCUT2D eigenvalue weighted by atomic mass is 9.73. The minimum atomic E-state index is 0.238. The lowest BCUT2D eigenvalue weighted by molar-refractivity contribution is 0.0837. The zero-order valence-electron chi connectivity index (χ0n) is 15.6. The molecule has 3 heteroatoms. The summed E-state index contributed by atoms with van der Waals surface area (Å²) >= 11 is 0. The predicted molar refractivity (Wildman–Crippen MR) is 102 cm³/mol. The quantitative estimate of drug-likeness (QED) is 0.686. The first-order valence-corrected chi connectivity index (χ1v) is 9.71. The Hall–Kier alpha value is -0.900. The Morgan fingerprint density at radius 2 is 1.83 bits per heavy atom. The molecule has 1 aromatic rings. The Kier molecular flexibility index (Phi) is 8.23. The molecule has 24 heavy (non-hydrogen) atoms. The molecule has 0 saturated heterocycles. The second kappa shape index (κ2) is 10.2. The molecule has 2 rings (SSSR count). The summed E-state index contributed by atoms with van der Waals surface area (Å²) in [6.45, 7) is 9.79. The van der Waals surface area contributed by atoms with Crippen molar-refractivity contribution < 1.29 is 5.11 Å². The zero-order chi connectivity index (χ0) is 17.3. The summed E-state index contributed by atoms with van der Waals surface area (Å²) < 4.78 is 0. The van der Waals surface area contributed by atoms with Crippen LogP contribution in [-0.4, -0.2) is 42.8 Å². The van der Waals surface area contributed by atoms with E-state index < -0.39 is 0 Å². The second-order valence-corrected chi connectivity index (χ2v) is 8.01. The molecule has 0 aromatic heterocycles. The number of nitrogens with zero attached hydrogens (tertiary/aromatic N) is 1. The van der Waals surface area contributed by atoms with Gasteiger partial charge >= 0.3 is 0 Å². The van der Waals surface area contributed by atoms with E-state index in [0.717, 1.165) is 32.7 Å². The average Bonchev–Trinajstić information content (AvgIpc) is 2.56. The molecule has 0 unspecified atom stereocenters. The van der Waals surface area contributed by atoms with E-state index in [-0.39, 0.29) is 6.61 Å². The van der Waals surface area contributed by atoms with Crippen LogP contribution in [0.2, 0.25) is 0 Å². The summed E-state index contributed by atoms with van der Waals surface area (Å²) in [5.41, 5.74) is 1.71. The largest absolute Gasteiger partial charge is 0.395 e. The van der Waals surface area contributed by atoms with Crippen LogP contribution in [0.5, 0.6) is 0 Å². The van der Waals surface area contributed by atoms with Crippen molar-refractivity contribution in [1.29, 1.82) is 0 Å². The summed E-state index contributed by atoms with van der Waals surface area (Å²) in [4.78, 5) is 2.46. The maximum Gasteiger partial charge on any atom is 0.0558 e. The SMILES string of the molecule is CC(C)CNCC1(CN(CCO)Cc2ccccc2)CCCCC1. The molecular formula is C21H36N2O. The van der Waals surface area contributed by atoms with Crippen molar-refractivity contribution in [2.45, 2.75) is 52.5 Å². The number of aliphatic hydroxyl groups excluding tert-OH is 1. The Morgan fingerprint density at radius 1 is 1.12 bits per heavy atom. The zero-order valence-corrected chi connectivity index (χ0v) is 15.6. The summed E-state index contributed by atoms with van der Waals surface area (Å²) in [7, 11) is 0. The number of hydrogen-bond donors (Lipinski definition) is 2. The van der Waals surface area contributed by atoms with Gasteiger partial charge in [-0.15, -0.1) is 0 Å². The van der Waals surface area contributed by atoms with Crippen molar-refractivity contribution in [3.05, 3.63) is 35.9 Å². The van der Waals surface area contributed by atoms with Crippen LogP contribution in [-0.2, 0) is 6.54 Å². The summed E-state index contributed by atoms with van der Waals surface area (Å²) in [6, 6.07) is 10.7. The first-order valence-electron chi connectivity index (χ1n) is 9.71. The van der Waals surface area contributed by atoms with Crippen molar-refractivity contribution in [2.24, 2.45) is 11.3 Å². The molecule has 3 nitrogen and oxygen atoms in total. The number of rotatable bonds is 10. The predicted octanol–water partition coefficient (Wildman–Crippen LogP) is 3.68. The van der Waals surface area contributed by atoms with E-state index in [1.807, 2.05) is 0 Å². The molecule has 136 valence electrons. The van der Waals surface area contributed by atoms with E-state index >= 15 is 0 Å². The van der Waals surface area contributed by atoms with Gasteiger partial charge in [0.25, 0.3) is 0 Å². The van der Waals surface area contributed by atoms with E-state index in [1.165, 1.54) is 37.7 Å². The molecule has 0 atom stereocenters. The third-order valence-electron chi connectivity index (χ3n) is 5.19. The molecule has 1 aliphatic carbocycles. The molecule has 0 aliphatic heterocycles. The summed E-state index contributed by atoms with van der Waals surface area (Å²) in [6.07, 6.45) is 6.71. The van der Waals surface area contributed by atoms with Crippen molar-refractivity contribution in [1.82, 2.24) is 10.2 Å². The van der Waals surface area contributed by atoms with Gasteiger partial charge in [-0.25, -0.2) is 0 Å². The van der Waals surface area contributed by atoms with Crippen LogP contribution in [0.3, 0.4) is 0 Å². The van der Waals surface area contributed by atoms with Crippen LogP contribution >= 0.6 is 0 Å². The fourth-order valence-corrected chi connectivity index (χ4v) is 3.99. The highest BCUT2D eigenvalue weighted by Gasteiger charge is 2.33. The molecule has 1 aromatic carbocycles. The van der Waals surface area contributed by atoms with Gasteiger partial charge in [0.15, 0.2) is 0 Å². The maximum absolute atomic E-state index is 9.52. The van der Waals surface area contributed by atoms with Crippen LogP contribution < -0.4 is 5.32 Å². The standard InChI is InChI=1S/C21H36N2O/c1-19(2)15-22-17-21(11-7-4-8-12-21)18-23(13-14-24)16-20-9-5-3-6-10-20/h3,5-6,9-10,19,22,24H,4,7-8,11-18H2,1-2H3. The molecular weight excluding hydrogens is 296 g/mol. The third-order valence-corrected chi connectivity index (χ3v) is 5.19. The van der Waals surface area contributed by atoms with Crippen LogP contribution in [0.25, 0.3) is 0 Å². The van der Waals surface area contributed by atoms with Gasteiger partial charge < -0.3 is 10.4 Å². The minimum Gasteiger partial charge on any atom is -0.395 e. The van der Waals surface area contributed by atoms with E-state index in [4.69, 9.17) is 0 Å². The Morgan fingerprint density at radius 3 is 2.46 bits per heavy atom. The van der Waals surface area contributed by atoms with Crippen LogP contribution in [0, 0.1) is 11.3 Å². The molecule has 1 aliphatic rings. The molecule has 0 amide bonds. The highest BCUT2D eigenvalue weighted by molar-refractivity contribution is 5.14. The summed E-state index contributed by atoms with van der Waals surface area (Å²) in [5, 5.41) is 13.2. The van der Waals surface area contributed by atoms with Gasteiger partial charge in [-0.05, 0) is 36.3 Å². The highest BCUT2D eigenvalue weighted by atomic mass is 16.3. The van der Waals surface area contributed by atoms with E-state index in [0.29, 0.717) is 11.3 Å². The fourth-order valence-electron chi connectivity index (χ4n) is 3.99. The van der Waals surface area contributed by atoms with Gasteiger partial charge in [0.2, 0.25) is 0 Å². The van der Waals surface area contributed by atoms with Gasteiger partial charge in [-0.1, -0.05) is 63.4 Å². The average molecular weight is 333 g/mol. The van der Waals surface area contributed by atoms with Gasteiger partial charge in [0.05, 0.1) is 6.61 Å². The van der Waals surface area contributed by atoms with Crippen LogP contribution in [0.4, 0.5) is 0 Å². The molecule has 0 heterocycles.